The minimum absolute atomic E-state index is 0.717. The molecule has 33 heavy (non-hydrogen) atoms. The molecule has 0 amide bonds. The van der Waals surface area contributed by atoms with Crippen LogP contribution in [0.5, 0.6) is 0 Å². The molecule has 1 nitrogen and oxygen atoms in total. The van der Waals surface area contributed by atoms with Crippen molar-refractivity contribution < 1.29 is 0 Å². The number of hydrogen-bond acceptors (Lipinski definition) is 1. The standard InChI is InChI=1S/C32H63N/c1-10-17-26(21-24(7)27(13-4)22(5)12-3)25(8)32(33-9)31-29(18-11-2)30(31)28-20-16-14-15-19-23(28)6/h22-33H,10-21H2,1-9H3. The van der Waals surface area contributed by atoms with E-state index in [2.05, 4.69) is 67.8 Å². The molecule has 2 fully saturated rings. The van der Waals surface area contributed by atoms with Crippen LogP contribution >= 0.6 is 0 Å². The molecule has 2 rings (SSSR count). The van der Waals surface area contributed by atoms with Gasteiger partial charge in [0, 0.05) is 6.04 Å². The molecular weight excluding hydrogens is 398 g/mol. The zero-order chi connectivity index (χ0) is 24.5. The molecule has 2 aliphatic rings. The molecule has 1 N–H and O–H groups in total. The van der Waals surface area contributed by atoms with Gasteiger partial charge in [0.15, 0.2) is 0 Å². The van der Waals surface area contributed by atoms with E-state index in [9.17, 15) is 0 Å². The zero-order valence-electron chi connectivity index (χ0n) is 24.3. The van der Waals surface area contributed by atoms with E-state index >= 15 is 0 Å². The largest absolute Gasteiger partial charge is 0.316 e. The Morgan fingerprint density at radius 2 is 1.55 bits per heavy atom. The summed E-state index contributed by atoms with van der Waals surface area (Å²) in [4.78, 5) is 0. The van der Waals surface area contributed by atoms with E-state index in [1.807, 2.05) is 0 Å². The highest BCUT2D eigenvalue weighted by Crippen LogP contribution is 2.60. The van der Waals surface area contributed by atoms with Gasteiger partial charge in [-0.05, 0) is 79.1 Å². The van der Waals surface area contributed by atoms with Gasteiger partial charge in [-0.25, -0.2) is 0 Å². The van der Waals surface area contributed by atoms with E-state index in [1.165, 1.54) is 77.0 Å². The SMILES string of the molecule is CCCC(CC(C)C(CC)C(C)CC)C(C)C(NC)C1C(CCC)C1C1CCCCCC1C. The van der Waals surface area contributed by atoms with Crippen molar-refractivity contribution in [2.24, 2.45) is 59.2 Å². The Morgan fingerprint density at radius 1 is 0.848 bits per heavy atom. The molecule has 0 spiro atoms. The van der Waals surface area contributed by atoms with Crippen LogP contribution in [0.4, 0.5) is 0 Å². The lowest BCUT2D eigenvalue weighted by molar-refractivity contribution is 0.149. The number of hydrogen-bond donors (Lipinski definition) is 1. The average Bonchev–Trinajstić information content (AvgIpc) is 3.53. The quantitative estimate of drug-likeness (QED) is 0.239. The minimum atomic E-state index is 0.717. The smallest absolute Gasteiger partial charge is 0.0126 e. The van der Waals surface area contributed by atoms with Gasteiger partial charge in [-0.3, -0.25) is 0 Å². The first-order chi connectivity index (χ1) is 15.9. The molecule has 0 bridgehead atoms. The summed E-state index contributed by atoms with van der Waals surface area (Å²) in [6, 6.07) is 0.717. The van der Waals surface area contributed by atoms with E-state index in [0.29, 0.717) is 0 Å². The molecule has 0 aliphatic heterocycles. The van der Waals surface area contributed by atoms with Crippen LogP contribution in [-0.2, 0) is 0 Å². The van der Waals surface area contributed by atoms with Gasteiger partial charge in [-0.2, -0.15) is 0 Å². The lowest BCUT2D eigenvalue weighted by atomic mass is 9.71. The predicted octanol–water partition coefficient (Wildman–Crippen LogP) is 9.60. The van der Waals surface area contributed by atoms with Crippen molar-refractivity contribution in [3.8, 4) is 0 Å². The van der Waals surface area contributed by atoms with Gasteiger partial charge >= 0.3 is 0 Å². The van der Waals surface area contributed by atoms with Gasteiger partial charge in [0.05, 0.1) is 0 Å². The predicted molar refractivity (Wildman–Crippen MR) is 149 cm³/mol. The number of nitrogens with one attached hydrogen (secondary N) is 1. The molecule has 11 unspecified atom stereocenters. The van der Waals surface area contributed by atoms with Crippen LogP contribution in [0.1, 0.15) is 132 Å². The Hall–Kier alpha value is -0.0400. The highest BCUT2D eigenvalue weighted by atomic mass is 14.9. The summed E-state index contributed by atoms with van der Waals surface area (Å²) in [5.41, 5.74) is 0. The van der Waals surface area contributed by atoms with Gasteiger partial charge in [-0.15, -0.1) is 0 Å². The Labute approximate surface area is 210 Å². The average molecular weight is 462 g/mol. The van der Waals surface area contributed by atoms with Gasteiger partial charge < -0.3 is 5.32 Å². The van der Waals surface area contributed by atoms with Crippen molar-refractivity contribution in [2.45, 2.75) is 138 Å². The van der Waals surface area contributed by atoms with Crippen molar-refractivity contribution in [1.82, 2.24) is 5.32 Å². The zero-order valence-corrected chi connectivity index (χ0v) is 24.3. The monoisotopic (exact) mass is 461 g/mol. The second-order valence-electron chi connectivity index (χ2n) is 12.8. The van der Waals surface area contributed by atoms with Crippen LogP contribution in [0, 0.1) is 59.2 Å². The minimum Gasteiger partial charge on any atom is -0.316 e. The number of rotatable bonds is 15. The van der Waals surface area contributed by atoms with Crippen LogP contribution in [0.15, 0.2) is 0 Å². The highest BCUT2D eigenvalue weighted by Gasteiger charge is 2.57. The molecule has 0 aromatic heterocycles. The maximum absolute atomic E-state index is 3.94. The first kappa shape index (κ1) is 29.2. The van der Waals surface area contributed by atoms with E-state index in [-0.39, 0.29) is 0 Å². The van der Waals surface area contributed by atoms with Crippen molar-refractivity contribution in [3.63, 3.8) is 0 Å². The molecular formula is C32H63N. The van der Waals surface area contributed by atoms with Crippen LogP contribution < -0.4 is 5.32 Å². The summed E-state index contributed by atoms with van der Waals surface area (Å²) in [6.45, 7) is 20.0. The second-order valence-corrected chi connectivity index (χ2v) is 12.8. The Balaban J connectivity index is 2.16. The highest BCUT2D eigenvalue weighted by molar-refractivity contribution is 5.08. The first-order valence-electron chi connectivity index (χ1n) is 15.5. The maximum atomic E-state index is 3.94. The third-order valence-electron chi connectivity index (χ3n) is 10.8. The molecule has 0 aromatic rings. The molecule has 2 saturated carbocycles. The van der Waals surface area contributed by atoms with Crippen LogP contribution in [0.25, 0.3) is 0 Å². The fourth-order valence-electron chi connectivity index (χ4n) is 8.73. The summed E-state index contributed by atoms with van der Waals surface area (Å²) in [5, 5.41) is 3.94. The molecule has 0 radical (unpaired) electrons. The maximum Gasteiger partial charge on any atom is 0.0126 e. The van der Waals surface area contributed by atoms with Crippen molar-refractivity contribution in [3.05, 3.63) is 0 Å². The lowest BCUT2D eigenvalue weighted by Crippen LogP contribution is -2.40. The second kappa shape index (κ2) is 14.5. The van der Waals surface area contributed by atoms with Crippen LogP contribution in [0.3, 0.4) is 0 Å². The summed E-state index contributed by atoms with van der Waals surface area (Å²) in [5.74, 6) is 9.13. The molecule has 196 valence electrons. The Bertz CT molecular complexity index is 515. The fraction of sp³-hybridized carbons (Fsp3) is 1.00. The molecule has 11 atom stereocenters. The van der Waals surface area contributed by atoms with E-state index in [1.54, 1.807) is 0 Å². The van der Waals surface area contributed by atoms with Gasteiger partial charge in [0.1, 0.15) is 0 Å². The third-order valence-corrected chi connectivity index (χ3v) is 10.8. The lowest BCUT2D eigenvalue weighted by Gasteiger charge is -2.37. The van der Waals surface area contributed by atoms with E-state index in [4.69, 9.17) is 0 Å². The van der Waals surface area contributed by atoms with Crippen molar-refractivity contribution in [1.29, 1.82) is 0 Å². The third kappa shape index (κ3) is 7.47. The normalized spacial score (nSPS) is 33.5. The molecule has 2 aliphatic carbocycles. The molecule has 0 aromatic carbocycles. The van der Waals surface area contributed by atoms with Gasteiger partial charge in [0.2, 0.25) is 0 Å². The van der Waals surface area contributed by atoms with E-state index in [0.717, 1.165) is 65.2 Å². The fourth-order valence-corrected chi connectivity index (χ4v) is 8.73. The Morgan fingerprint density at radius 3 is 2.12 bits per heavy atom. The molecule has 1 heteroatoms. The van der Waals surface area contributed by atoms with Crippen molar-refractivity contribution in [2.75, 3.05) is 7.05 Å². The summed E-state index contributed by atoms with van der Waals surface area (Å²) in [7, 11) is 2.29. The van der Waals surface area contributed by atoms with E-state index < -0.39 is 0 Å². The molecule has 0 saturated heterocycles. The summed E-state index contributed by atoms with van der Waals surface area (Å²) in [6.07, 6.45) is 17.1. The van der Waals surface area contributed by atoms with Gasteiger partial charge in [0.25, 0.3) is 0 Å². The topological polar surface area (TPSA) is 12.0 Å². The van der Waals surface area contributed by atoms with Crippen molar-refractivity contribution >= 4 is 0 Å². The summed E-state index contributed by atoms with van der Waals surface area (Å²) >= 11 is 0. The van der Waals surface area contributed by atoms with Crippen LogP contribution in [-0.4, -0.2) is 13.1 Å². The molecule has 0 heterocycles. The summed E-state index contributed by atoms with van der Waals surface area (Å²) < 4.78 is 0. The van der Waals surface area contributed by atoms with Gasteiger partial charge in [-0.1, -0.05) is 120 Å². The first-order valence-corrected chi connectivity index (χ1v) is 15.5. The Kier molecular flexibility index (Phi) is 12.8. The van der Waals surface area contributed by atoms with Crippen LogP contribution in [0.2, 0.25) is 0 Å².